The van der Waals surface area contributed by atoms with Gasteiger partial charge in [0.25, 0.3) is 0 Å². The van der Waals surface area contributed by atoms with Gasteiger partial charge < -0.3 is 0 Å². The highest BCUT2D eigenvalue weighted by Crippen LogP contribution is 2.49. The van der Waals surface area contributed by atoms with E-state index in [1.54, 1.807) is 0 Å². The molecule has 0 fully saturated rings. The maximum Gasteiger partial charge on any atom is 0.0406 e. The van der Waals surface area contributed by atoms with E-state index in [2.05, 4.69) is 85.8 Å². The second-order valence-corrected chi connectivity index (χ2v) is 8.96. The van der Waals surface area contributed by atoms with Crippen molar-refractivity contribution in [2.24, 2.45) is 0 Å². The third-order valence-electron chi connectivity index (χ3n) is 6.91. The van der Waals surface area contributed by atoms with E-state index in [4.69, 9.17) is 11.6 Å². The van der Waals surface area contributed by atoms with Crippen LogP contribution in [0.3, 0.4) is 0 Å². The summed E-state index contributed by atoms with van der Waals surface area (Å²) in [5.41, 5.74) is 14.0. The molecule has 4 aromatic rings. The van der Waals surface area contributed by atoms with Crippen molar-refractivity contribution in [2.45, 2.75) is 25.7 Å². The van der Waals surface area contributed by atoms with Crippen molar-refractivity contribution in [1.82, 2.24) is 0 Å². The van der Waals surface area contributed by atoms with Crippen molar-refractivity contribution in [3.05, 3.63) is 123 Å². The van der Waals surface area contributed by atoms with Crippen LogP contribution in [0.4, 0.5) is 0 Å². The summed E-state index contributed by atoms with van der Waals surface area (Å²) in [6, 6.07) is 30.7. The van der Waals surface area contributed by atoms with E-state index < -0.39 is 0 Å². The fraction of sp³-hybridized carbons (Fsp3) is 0.133. The standard InChI is InChI=1S/C30H23Cl/c1-2-19-17-28-23(20-13-15-22(31)16-14-20)9-5-11-26(28)30(19)27-12-6-10-25-24-8-4-3-7-21(24)18-29(25)27/h3-17,30H,2,18H2,1H3. The number of rotatable bonds is 3. The van der Waals surface area contributed by atoms with Crippen molar-refractivity contribution in [2.75, 3.05) is 0 Å². The first-order valence-corrected chi connectivity index (χ1v) is 11.4. The molecule has 0 heterocycles. The lowest BCUT2D eigenvalue weighted by molar-refractivity contribution is 0.895. The van der Waals surface area contributed by atoms with Crippen LogP contribution in [0, 0.1) is 0 Å². The number of hydrogen-bond acceptors (Lipinski definition) is 0. The molecule has 31 heavy (non-hydrogen) atoms. The topological polar surface area (TPSA) is 0 Å². The van der Waals surface area contributed by atoms with Gasteiger partial charge in [0.15, 0.2) is 0 Å². The minimum absolute atomic E-state index is 0.330. The Bertz CT molecular complexity index is 1340. The number of halogens is 1. The third-order valence-corrected chi connectivity index (χ3v) is 7.16. The molecular formula is C30H23Cl. The molecule has 0 nitrogen and oxygen atoms in total. The van der Waals surface area contributed by atoms with E-state index in [1.165, 1.54) is 55.6 Å². The molecule has 4 aromatic carbocycles. The molecule has 6 rings (SSSR count). The van der Waals surface area contributed by atoms with Crippen LogP contribution in [-0.4, -0.2) is 0 Å². The summed E-state index contributed by atoms with van der Waals surface area (Å²) in [4.78, 5) is 0. The Morgan fingerprint density at radius 3 is 2.26 bits per heavy atom. The lowest BCUT2D eigenvalue weighted by Gasteiger charge is -2.21. The van der Waals surface area contributed by atoms with Gasteiger partial charge in [-0.05, 0) is 75.0 Å². The van der Waals surface area contributed by atoms with Gasteiger partial charge in [0, 0.05) is 10.9 Å². The Balaban J connectivity index is 1.52. The van der Waals surface area contributed by atoms with Crippen molar-refractivity contribution in [1.29, 1.82) is 0 Å². The molecule has 0 aromatic heterocycles. The molecule has 0 saturated heterocycles. The fourth-order valence-corrected chi connectivity index (χ4v) is 5.60. The quantitative estimate of drug-likeness (QED) is 0.275. The molecule has 0 spiro atoms. The molecule has 0 radical (unpaired) electrons. The van der Waals surface area contributed by atoms with Gasteiger partial charge in [-0.15, -0.1) is 0 Å². The monoisotopic (exact) mass is 418 g/mol. The van der Waals surface area contributed by atoms with Gasteiger partial charge in [-0.1, -0.05) is 103 Å². The maximum atomic E-state index is 6.15. The van der Waals surface area contributed by atoms with Gasteiger partial charge in [-0.25, -0.2) is 0 Å². The van der Waals surface area contributed by atoms with Crippen LogP contribution in [0.5, 0.6) is 0 Å². The fourth-order valence-electron chi connectivity index (χ4n) is 5.47. The number of benzene rings is 4. The Labute approximate surface area is 188 Å². The molecule has 150 valence electrons. The molecule has 2 aliphatic carbocycles. The largest absolute Gasteiger partial charge is 0.0843 e. The van der Waals surface area contributed by atoms with Crippen molar-refractivity contribution >= 4 is 17.7 Å². The van der Waals surface area contributed by atoms with Gasteiger partial charge in [0.2, 0.25) is 0 Å². The van der Waals surface area contributed by atoms with Crippen LogP contribution < -0.4 is 0 Å². The molecular weight excluding hydrogens is 396 g/mol. The van der Waals surface area contributed by atoms with Gasteiger partial charge in [0.05, 0.1) is 0 Å². The summed E-state index contributed by atoms with van der Waals surface area (Å²) in [7, 11) is 0. The first-order chi connectivity index (χ1) is 15.2. The molecule has 0 N–H and O–H groups in total. The normalized spacial score (nSPS) is 15.9. The average molecular weight is 419 g/mol. The maximum absolute atomic E-state index is 6.15. The second kappa shape index (κ2) is 7.25. The zero-order valence-corrected chi connectivity index (χ0v) is 18.3. The van der Waals surface area contributed by atoms with E-state index in [9.17, 15) is 0 Å². The van der Waals surface area contributed by atoms with Crippen LogP contribution in [0.15, 0.2) is 90.5 Å². The summed E-state index contributed by atoms with van der Waals surface area (Å²) in [6.45, 7) is 2.28. The predicted octanol–water partition coefficient (Wildman–Crippen LogP) is 8.52. The van der Waals surface area contributed by atoms with Gasteiger partial charge in [0.1, 0.15) is 0 Å². The SMILES string of the molecule is CCC1=Cc2c(-c3ccc(Cl)cc3)cccc2C1c1cccc2c1Cc1ccccc1-2. The molecule has 0 bridgehead atoms. The van der Waals surface area contributed by atoms with Crippen LogP contribution in [0.1, 0.15) is 47.1 Å². The Morgan fingerprint density at radius 2 is 1.45 bits per heavy atom. The highest BCUT2D eigenvalue weighted by atomic mass is 35.5. The molecule has 2 aliphatic rings. The zero-order valence-electron chi connectivity index (χ0n) is 17.5. The van der Waals surface area contributed by atoms with Crippen molar-refractivity contribution < 1.29 is 0 Å². The minimum Gasteiger partial charge on any atom is -0.0843 e. The highest BCUT2D eigenvalue weighted by molar-refractivity contribution is 6.30. The first kappa shape index (κ1) is 18.7. The molecule has 1 atom stereocenters. The minimum atomic E-state index is 0.330. The Morgan fingerprint density at radius 1 is 0.742 bits per heavy atom. The van der Waals surface area contributed by atoms with E-state index in [-0.39, 0.29) is 0 Å². The van der Waals surface area contributed by atoms with Crippen LogP contribution in [0.2, 0.25) is 5.02 Å². The summed E-state index contributed by atoms with van der Waals surface area (Å²) < 4.78 is 0. The first-order valence-electron chi connectivity index (χ1n) is 11.0. The van der Waals surface area contributed by atoms with E-state index in [1.807, 2.05) is 12.1 Å². The summed E-state index contributed by atoms with van der Waals surface area (Å²) in [6.07, 6.45) is 4.52. The number of allylic oxidation sites excluding steroid dienone is 1. The molecule has 1 unspecified atom stereocenters. The number of hydrogen-bond donors (Lipinski definition) is 0. The van der Waals surface area contributed by atoms with E-state index in [0.717, 1.165) is 17.9 Å². The van der Waals surface area contributed by atoms with Crippen molar-refractivity contribution in [3.63, 3.8) is 0 Å². The molecule has 0 amide bonds. The van der Waals surface area contributed by atoms with E-state index >= 15 is 0 Å². The summed E-state index contributed by atoms with van der Waals surface area (Å²) in [5.74, 6) is 0.330. The zero-order chi connectivity index (χ0) is 20.9. The Kier molecular flexibility index (Phi) is 4.37. The predicted molar refractivity (Wildman–Crippen MR) is 132 cm³/mol. The molecule has 1 heteroatoms. The third kappa shape index (κ3) is 2.90. The van der Waals surface area contributed by atoms with Gasteiger partial charge in [-0.2, -0.15) is 0 Å². The van der Waals surface area contributed by atoms with Crippen LogP contribution in [-0.2, 0) is 6.42 Å². The molecule has 0 saturated carbocycles. The average Bonchev–Trinajstić information content (AvgIpc) is 3.38. The van der Waals surface area contributed by atoms with Crippen LogP contribution in [0.25, 0.3) is 28.3 Å². The lowest BCUT2D eigenvalue weighted by Crippen LogP contribution is -2.05. The lowest BCUT2D eigenvalue weighted by atomic mass is 9.82. The van der Waals surface area contributed by atoms with Gasteiger partial charge in [-0.3, -0.25) is 0 Å². The van der Waals surface area contributed by atoms with Gasteiger partial charge >= 0.3 is 0 Å². The Hall–Kier alpha value is -3.09. The summed E-state index contributed by atoms with van der Waals surface area (Å²) in [5, 5.41) is 0.776. The van der Waals surface area contributed by atoms with Crippen molar-refractivity contribution in [3.8, 4) is 22.3 Å². The number of fused-ring (bicyclic) bond motifs is 4. The highest BCUT2D eigenvalue weighted by Gasteiger charge is 2.31. The van der Waals surface area contributed by atoms with Crippen LogP contribution >= 0.6 is 11.6 Å². The van der Waals surface area contributed by atoms with E-state index in [0.29, 0.717) is 5.92 Å². The summed E-state index contributed by atoms with van der Waals surface area (Å²) >= 11 is 6.15. The smallest absolute Gasteiger partial charge is 0.0406 e. The second-order valence-electron chi connectivity index (χ2n) is 8.53. The molecule has 0 aliphatic heterocycles.